The minimum Gasteiger partial charge on any atom is -0.333 e. The molecule has 2 fully saturated rings. The van der Waals surface area contributed by atoms with Crippen LogP contribution in [0.1, 0.15) is 50.1 Å². The molecule has 2 aliphatic rings. The average Bonchev–Trinajstić information content (AvgIpc) is 3.10. The average molecular weight is 279 g/mol. The molecule has 0 spiro atoms. The van der Waals surface area contributed by atoms with Gasteiger partial charge in [0.15, 0.2) is 0 Å². The van der Waals surface area contributed by atoms with Crippen molar-refractivity contribution in [3.63, 3.8) is 0 Å². The maximum Gasteiger partial charge on any atom is 0.0948 e. The summed E-state index contributed by atoms with van der Waals surface area (Å²) in [6, 6.07) is 0. The van der Waals surface area contributed by atoms with Crippen LogP contribution in [0, 0.1) is 0 Å². The quantitative estimate of drug-likeness (QED) is 0.919. The first-order chi connectivity index (χ1) is 9.33. The second-order valence-electron chi connectivity index (χ2n) is 6.08. The van der Waals surface area contributed by atoms with E-state index >= 15 is 0 Å². The first kappa shape index (κ1) is 13.5. The van der Waals surface area contributed by atoms with Gasteiger partial charge < -0.3 is 9.88 Å². The Balaban J connectivity index is 1.75. The zero-order chi connectivity index (χ0) is 13.1. The molecule has 19 heavy (non-hydrogen) atoms. The molecule has 1 unspecified atom stereocenters. The van der Waals surface area contributed by atoms with Gasteiger partial charge in [0.2, 0.25) is 0 Å². The number of nitrogens with one attached hydrogen (secondary N) is 1. The molecule has 3 rings (SSSR count). The molecular formula is C15H25N3S. The molecular weight excluding hydrogens is 254 g/mol. The van der Waals surface area contributed by atoms with E-state index in [1.807, 2.05) is 0 Å². The summed E-state index contributed by atoms with van der Waals surface area (Å²) in [5.41, 5.74) is 1.45. The van der Waals surface area contributed by atoms with Crippen LogP contribution in [-0.4, -0.2) is 33.6 Å². The van der Waals surface area contributed by atoms with Gasteiger partial charge in [-0.25, -0.2) is 4.98 Å². The van der Waals surface area contributed by atoms with Gasteiger partial charge in [0.25, 0.3) is 0 Å². The first-order valence-corrected chi connectivity index (χ1v) is 8.81. The molecule has 1 aliphatic heterocycles. The minimum atomic E-state index is 0.470. The standard InChI is InChI=1S/C15H25N3S/c1-19-15(6-2-3-7-15)11-18-12-17-10-14(18)13-5-4-8-16-9-13/h10,12-13,16H,2-9,11H2,1H3. The Bertz CT molecular complexity index is 403. The van der Waals surface area contributed by atoms with Crippen molar-refractivity contribution >= 4 is 11.8 Å². The lowest BCUT2D eigenvalue weighted by Crippen LogP contribution is -2.32. The third kappa shape index (κ3) is 2.84. The number of imidazole rings is 1. The van der Waals surface area contributed by atoms with E-state index in [1.165, 1.54) is 50.8 Å². The van der Waals surface area contributed by atoms with Gasteiger partial charge in [0.1, 0.15) is 0 Å². The summed E-state index contributed by atoms with van der Waals surface area (Å²) in [5.74, 6) is 0.663. The Morgan fingerprint density at radius 2 is 2.26 bits per heavy atom. The fourth-order valence-corrected chi connectivity index (χ4v) is 4.63. The lowest BCUT2D eigenvalue weighted by atomic mass is 9.96. The van der Waals surface area contributed by atoms with E-state index in [4.69, 9.17) is 0 Å². The van der Waals surface area contributed by atoms with Gasteiger partial charge in [-0.1, -0.05) is 12.8 Å². The van der Waals surface area contributed by atoms with Gasteiger partial charge in [0, 0.05) is 35.6 Å². The molecule has 106 valence electrons. The summed E-state index contributed by atoms with van der Waals surface area (Å²) >= 11 is 2.07. The summed E-state index contributed by atoms with van der Waals surface area (Å²) in [4.78, 5) is 4.43. The zero-order valence-corrected chi connectivity index (χ0v) is 12.7. The highest BCUT2D eigenvalue weighted by Crippen LogP contribution is 2.42. The van der Waals surface area contributed by atoms with Crippen molar-refractivity contribution < 1.29 is 0 Å². The zero-order valence-electron chi connectivity index (χ0n) is 11.9. The third-order valence-electron chi connectivity index (χ3n) is 4.87. The molecule has 4 heteroatoms. The molecule has 0 radical (unpaired) electrons. The summed E-state index contributed by atoms with van der Waals surface area (Å²) < 4.78 is 2.91. The fraction of sp³-hybridized carbons (Fsp3) is 0.800. The van der Waals surface area contributed by atoms with Crippen LogP contribution in [0.25, 0.3) is 0 Å². The van der Waals surface area contributed by atoms with Crippen LogP contribution in [0.2, 0.25) is 0 Å². The number of rotatable bonds is 4. The van der Waals surface area contributed by atoms with Crippen LogP contribution >= 0.6 is 11.8 Å². The van der Waals surface area contributed by atoms with Crippen LogP contribution in [0.3, 0.4) is 0 Å². The number of hydrogen-bond donors (Lipinski definition) is 1. The van der Waals surface area contributed by atoms with Crippen molar-refractivity contribution in [2.24, 2.45) is 0 Å². The fourth-order valence-electron chi connectivity index (χ4n) is 3.66. The Morgan fingerprint density at radius 3 is 2.95 bits per heavy atom. The predicted octanol–water partition coefficient (Wildman–Crippen LogP) is 3.03. The van der Waals surface area contributed by atoms with Gasteiger partial charge in [-0.05, 0) is 38.5 Å². The van der Waals surface area contributed by atoms with Crippen molar-refractivity contribution in [3.05, 3.63) is 18.2 Å². The molecule has 1 saturated carbocycles. The number of aromatic nitrogens is 2. The van der Waals surface area contributed by atoms with E-state index in [0.29, 0.717) is 10.7 Å². The molecule has 1 aliphatic carbocycles. The molecule has 2 heterocycles. The molecule has 0 amide bonds. The van der Waals surface area contributed by atoms with Crippen LogP contribution in [0.4, 0.5) is 0 Å². The maximum atomic E-state index is 4.43. The maximum absolute atomic E-state index is 4.43. The van der Waals surface area contributed by atoms with Gasteiger partial charge >= 0.3 is 0 Å². The largest absolute Gasteiger partial charge is 0.333 e. The molecule has 1 aromatic rings. The van der Waals surface area contributed by atoms with E-state index in [0.717, 1.165) is 13.1 Å². The summed E-state index contributed by atoms with van der Waals surface area (Å²) in [5, 5.41) is 3.52. The lowest BCUT2D eigenvalue weighted by molar-refractivity contribution is 0.423. The molecule has 1 atom stereocenters. The van der Waals surface area contributed by atoms with Gasteiger partial charge in [-0.2, -0.15) is 11.8 Å². The number of thioether (sulfide) groups is 1. The van der Waals surface area contributed by atoms with Gasteiger partial charge in [0.05, 0.1) is 6.33 Å². The summed E-state index contributed by atoms with van der Waals surface area (Å²) in [6.45, 7) is 3.46. The van der Waals surface area contributed by atoms with Gasteiger partial charge in [-0.15, -0.1) is 0 Å². The van der Waals surface area contributed by atoms with E-state index < -0.39 is 0 Å². The van der Waals surface area contributed by atoms with Crippen molar-refractivity contribution in [1.29, 1.82) is 0 Å². The van der Waals surface area contributed by atoms with E-state index in [1.54, 1.807) is 0 Å². The minimum absolute atomic E-state index is 0.470. The highest BCUT2D eigenvalue weighted by molar-refractivity contribution is 8.00. The number of nitrogens with zero attached hydrogens (tertiary/aromatic N) is 2. The van der Waals surface area contributed by atoms with E-state index in [9.17, 15) is 0 Å². The normalized spacial score (nSPS) is 26.7. The molecule has 0 aromatic carbocycles. The topological polar surface area (TPSA) is 29.9 Å². The van der Waals surface area contributed by atoms with Crippen molar-refractivity contribution in [2.45, 2.75) is 55.7 Å². The van der Waals surface area contributed by atoms with Crippen LogP contribution in [-0.2, 0) is 6.54 Å². The Kier molecular flexibility index (Phi) is 4.18. The van der Waals surface area contributed by atoms with Crippen LogP contribution in [0.5, 0.6) is 0 Å². The number of hydrogen-bond acceptors (Lipinski definition) is 3. The van der Waals surface area contributed by atoms with Crippen molar-refractivity contribution in [3.8, 4) is 0 Å². The first-order valence-electron chi connectivity index (χ1n) is 7.59. The molecule has 1 aromatic heterocycles. The Morgan fingerprint density at radius 1 is 1.42 bits per heavy atom. The Hall–Kier alpha value is -0.480. The molecule has 3 nitrogen and oxygen atoms in total. The summed E-state index contributed by atoms with van der Waals surface area (Å²) in [7, 11) is 0. The van der Waals surface area contributed by atoms with Crippen molar-refractivity contribution in [2.75, 3.05) is 19.3 Å². The third-order valence-corrected chi connectivity index (χ3v) is 6.27. The smallest absolute Gasteiger partial charge is 0.0948 e. The van der Waals surface area contributed by atoms with Crippen LogP contribution < -0.4 is 5.32 Å². The SMILES string of the molecule is CSC1(Cn2cncc2C2CCCNC2)CCCC1. The van der Waals surface area contributed by atoms with E-state index in [-0.39, 0.29) is 0 Å². The second-order valence-corrected chi connectivity index (χ2v) is 7.36. The van der Waals surface area contributed by atoms with Crippen LogP contribution in [0.15, 0.2) is 12.5 Å². The summed E-state index contributed by atoms with van der Waals surface area (Å²) in [6.07, 6.45) is 14.6. The second kappa shape index (κ2) is 5.88. The van der Waals surface area contributed by atoms with Gasteiger partial charge in [-0.3, -0.25) is 0 Å². The highest BCUT2D eigenvalue weighted by Gasteiger charge is 2.34. The molecule has 1 saturated heterocycles. The number of piperidine rings is 1. The highest BCUT2D eigenvalue weighted by atomic mass is 32.2. The molecule has 1 N–H and O–H groups in total. The van der Waals surface area contributed by atoms with E-state index in [2.05, 4.69) is 45.4 Å². The predicted molar refractivity (Wildman–Crippen MR) is 81.8 cm³/mol. The lowest BCUT2D eigenvalue weighted by Gasteiger charge is -2.30. The monoisotopic (exact) mass is 279 g/mol. The Labute approximate surface area is 120 Å². The molecule has 0 bridgehead atoms. The van der Waals surface area contributed by atoms with Crippen molar-refractivity contribution in [1.82, 2.24) is 14.9 Å².